The minimum absolute atomic E-state index is 0.518. The van der Waals surface area contributed by atoms with Gasteiger partial charge in [0.1, 0.15) is 0 Å². The van der Waals surface area contributed by atoms with Crippen molar-refractivity contribution in [1.29, 1.82) is 0 Å². The largest absolute Gasteiger partial charge is 0.465 e. The number of hydrogen-bond acceptors (Lipinski definition) is 1. The normalized spacial score (nSPS) is 9.54. The Morgan fingerprint density at radius 1 is 1.31 bits per heavy atom. The molecule has 1 amide bonds. The molecular weight excluding hydrogens is 166 g/mol. The van der Waals surface area contributed by atoms with Crippen LogP contribution in [0.3, 0.4) is 0 Å². The molecule has 1 aromatic carbocycles. The lowest BCUT2D eigenvalue weighted by Crippen LogP contribution is -2.22. The van der Waals surface area contributed by atoms with Gasteiger partial charge in [-0.05, 0) is 18.4 Å². The van der Waals surface area contributed by atoms with E-state index in [1.807, 2.05) is 30.3 Å². The first-order valence-electron chi connectivity index (χ1n) is 4.30. The monoisotopic (exact) mass is 179 g/mol. The van der Waals surface area contributed by atoms with Crippen LogP contribution in [0.4, 0.5) is 4.79 Å². The molecule has 3 nitrogen and oxygen atoms in total. The molecule has 0 atom stereocenters. The van der Waals surface area contributed by atoms with E-state index in [-0.39, 0.29) is 0 Å². The molecule has 0 saturated heterocycles. The molecule has 0 radical (unpaired) electrons. The number of aryl methyl sites for hydroxylation is 1. The van der Waals surface area contributed by atoms with E-state index in [2.05, 4.69) is 5.32 Å². The number of hydrogen-bond donors (Lipinski definition) is 2. The van der Waals surface area contributed by atoms with Crippen molar-refractivity contribution in [2.45, 2.75) is 12.8 Å². The summed E-state index contributed by atoms with van der Waals surface area (Å²) in [6.07, 6.45) is 0.810. The molecular formula is C10H13NO2. The second-order valence-corrected chi connectivity index (χ2v) is 2.82. The van der Waals surface area contributed by atoms with Crippen LogP contribution in [0, 0.1) is 0 Å². The van der Waals surface area contributed by atoms with Crippen LogP contribution in [0.15, 0.2) is 30.3 Å². The second kappa shape index (κ2) is 5.19. The molecule has 1 rings (SSSR count). The average Bonchev–Trinajstić information content (AvgIpc) is 2.14. The van der Waals surface area contributed by atoms with E-state index in [1.165, 1.54) is 5.56 Å². The van der Waals surface area contributed by atoms with Gasteiger partial charge >= 0.3 is 6.09 Å². The molecule has 0 bridgehead atoms. The van der Waals surface area contributed by atoms with Crippen molar-refractivity contribution in [3.63, 3.8) is 0 Å². The predicted molar refractivity (Wildman–Crippen MR) is 50.8 cm³/mol. The van der Waals surface area contributed by atoms with Crippen molar-refractivity contribution in [2.24, 2.45) is 0 Å². The zero-order valence-electron chi connectivity index (χ0n) is 7.36. The number of carboxylic acid groups (broad SMARTS) is 1. The van der Waals surface area contributed by atoms with E-state index in [9.17, 15) is 4.79 Å². The first kappa shape index (κ1) is 9.58. The Labute approximate surface area is 77.4 Å². The molecule has 3 heteroatoms. The first-order chi connectivity index (χ1) is 6.29. The van der Waals surface area contributed by atoms with Crippen LogP contribution >= 0.6 is 0 Å². The molecule has 0 aliphatic rings. The number of amides is 1. The molecule has 0 fully saturated rings. The Morgan fingerprint density at radius 3 is 2.62 bits per heavy atom. The first-order valence-corrected chi connectivity index (χ1v) is 4.30. The molecule has 0 unspecified atom stereocenters. The molecule has 13 heavy (non-hydrogen) atoms. The minimum atomic E-state index is -0.951. The summed E-state index contributed by atoms with van der Waals surface area (Å²) in [5, 5.41) is 10.6. The van der Waals surface area contributed by atoms with Gasteiger partial charge in [0.05, 0.1) is 0 Å². The van der Waals surface area contributed by atoms with Gasteiger partial charge in [0, 0.05) is 6.54 Å². The van der Waals surface area contributed by atoms with Gasteiger partial charge in [-0.25, -0.2) is 4.79 Å². The molecule has 0 aromatic heterocycles. The van der Waals surface area contributed by atoms with Crippen molar-refractivity contribution in [3.05, 3.63) is 35.9 Å². The fourth-order valence-corrected chi connectivity index (χ4v) is 1.13. The summed E-state index contributed by atoms with van der Waals surface area (Å²) in [7, 11) is 0. The smallest absolute Gasteiger partial charge is 0.404 e. The van der Waals surface area contributed by atoms with Gasteiger partial charge in [0.15, 0.2) is 0 Å². The maximum absolute atomic E-state index is 10.1. The number of carbonyl (C=O) groups is 1. The lowest BCUT2D eigenvalue weighted by atomic mass is 10.1. The zero-order valence-corrected chi connectivity index (χ0v) is 7.36. The molecule has 0 heterocycles. The Hall–Kier alpha value is -1.51. The van der Waals surface area contributed by atoms with E-state index in [0.717, 1.165) is 12.8 Å². The predicted octanol–water partition coefficient (Wildman–Crippen LogP) is 1.89. The van der Waals surface area contributed by atoms with E-state index in [0.29, 0.717) is 6.54 Å². The van der Waals surface area contributed by atoms with Crippen LogP contribution < -0.4 is 5.32 Å². The third-order valence-electron chi connectivity index (χ3n) is 1.76. The fourth-order valence-electron chi connectivity index (χ4n) is 1.13. The molecule has 0 aliphatic heterocycles. The van der Waals surface area contributed by atoms with Gasteiger partial charge in [-0.15, -0.1) is 0 Å². The summed E-state index contributed by atoms with van der Waals surface area (Å²) in [6.45, 7) is 0.518. The average molecular weight is 179 g/mol. The zero-order chi connectivity index (χ0) is 9.52. The quantitative estimate of drug-likeness (QED) is 0.693. The third kappa shape index (κ3) is 4.15. The minimum Gasteiger partial charge on any atom is -0.465 e. The van der Waals surface area contributed by atoms with Gasteiger partial charge in [0.2, 0.25) is 0 Å². The van der Waals surface area contributed by atoms with E-state index >= 15 is 0 Å². The molecule has 70 valence electrons. The summed E-state index contributed by atoms with van der Waals surface area (Å²) in [4.78, 5) is 10.1. The highest BCUT2D eigenvalue weighted by Crippen LogP contribution is 2.01. The summed E-state index contributed by atoms with van der Waals surface area (Å²) < 4.78 is 0. The van der Waals surface area contributed by atoms with Crippen molar-refractivity contribution < 1.29 is 9.90 Å². The Balaban J connectivity index is 2.17. The highest BCUT2D eigenvalue weighted by Gasteiger charge is 1.94. The number of nitrogens with one attached hydrogen (secondary N) is 1. The maximum atomic E-state index is 10.1. The Kier molecular flexibility index (Phi) is 3.82. The van der Waals surface area contributed by atoms with Gasteiger partial charge < -0.3 is 10.4 Å². The van der Waals surface area contributed by atoms with Crippen LogP contribution in [-0.4, -0.2) is 17.7 Å². The molecule has 2 N–H and O–H groups in total. The molecule has 0 spiro atoms. The lowest BCUT2D eigenvalue weighted by Gasteiger charge is -2.00. The number of rotatable bonds is 4. The topological polar surface area (TPSA) is 49.3 Å². The molecule has 0 aliphatic carbocycles. The van der Waals surface area contributed by atoms with E-state index in [4.69, 9.17) is 5.11 Å². The van der Waals surface area contributed by atoms with Gasteiger partial charge in [0.25, 0.3) is 0 Å². The van der Waals surface area contributed by atoms with Crippen LogP contribution in [0.5, 0.6) is 0 Å². The summed E-state index contributed by atoms with van der Waals surface area (Å²) in [5.74, 6) is 0. The summed E-state index contributed by atoms with van der Waals surface area (Å²) >= 11 is 0. The molecule has 0 saturated carbocycles. The van der Waals surface area contributed by atoms with Crippen LogP contribution in [0.25, 0.3) is 0 Å². The van der Waals surface area contributed by atoms with Crippen molar-refractivity contribution in [2.75, 3.05) is 6.54 Å². The van der Waals surface area contributed by atoms with E-state index < -0.39 is 6.09 Å². The standard InChI is InChI=1S/C10H13NO2/c12-10(13)11-8-4-7-9-5-2-1-3-6-9/h1-3,5-6,11H,4,7-8H2,(H,12,13). The Morgan fingerprint density at radius 2 is 2.00 bits per heavy atom. The highest BCUT2D eigenvalue weighted by molar-refractivity contribution is 5.64. The van der Waals surface area contributed by atoms with Crippen LogP contribution in [-0.2, 0) is 6.42 Å². The van der Waals surface area contributed by atoms with Gasteiger partial charge in [-0.3, -0.25) is 0 Å². The summed E-state index contributed by atoms with van der Waals surface area (Å²) in [5.41, 5.74) is 1.25. The van der Waals surface area contributed by atoms with Crippen molar-refractivity contribution >= 4 is 6.09 Å². The Bertz CT molecular complexity index is 259. The van der Waals surface area contributed by atoms with E-state index in [1.54, 1.807) is 0 Å². The second-order valence-electron chi connectivity index (χ2n) is 2.82. The third-order valence-corrected chi connectivity index (χ3v) is 1.76. The highest BCUT2D eigenvalue weighted by atomic mass is 16.4. The SMILES string of the molecule is O=C(O)NCCCc1ccccc1. The number of benzene rings is 1. The summed E-state index contributed by atoms with van der Waals surface area (Å²) in [6, 6.07) is 10.0. The van der Waals surface area contributed by atoms with Gasteiger partial charge in [-0.2, -0.15) is 0 Å². The fraction of sp³-hybridized carbons (Fsp3) is 0.300. The van der Waals surface area contributed by atoms with Crippen molar-refractivity contribution in [1.82, 2.24) is 5.32 Å². The van der Waals surface area contributed by atoms with Crippen LogP contribution in [0.1, 0.15) is 12.0 Å². The van der Waals surface area contributed by atoms with Gasteiger partial charge in [-0.1, -0.05) is 30.3 Å². The van der Waals surface area contributed by atoms with Crippen molar-refractivity contribution in [3.8, 4) is 0 Å². The van der Waals surface area contributed by atoms with Crippen LogP contribution in [0.2, 0.25) is 0 Å². The lowest BCUT2D eigenvalue weighted by molar-refractivity contribution is 0.194. The molecule has 1 aromatic rings. The maximum Gasteiger partial charge on any atom is 0.404 e.